The van der Waals surface area contributed by atoms with Crippen LogP contribution in [0.4, 0.5) is 11.4 Å². The second-order valence-electron chi connectivity index (χ2n) is 11.0. The Morgan fingerprint density at radius 1 is 1.20 bits per heavy atom. The van der Waals surface area contributed by atoms with Gasteiger partial charge >= 0.3 is 0 Å². The van der Waals surface area contributed by atoms with Crippen LogP contribution in [0.3, 0.4) is 0 Å². The Balaban J connectivity index is 1.68. The highest BCUT2D eigenvalue weighted by Gasteiger charge is 2.54. The molecule has 1 aliphatic carbocycles. The number of unbranched alkanes of at least 4 members (excludes halogenated alkanes) is 1. The number of nitrogens with zero attached hydrogens (tertiary/aromatic N) is 2. The zero-order chi connectivity index (χ0) is 25.2. The van der Waals surface area contributed by atoms with E-state index in [4.69, 9.17) is 4.74 Å². The first-order chi connectivity index (χ1) is 16.9. The van der Waals surface area contributed by atoms with E-state index < -0.39 is 0 Å². The average Bonchev–Trinajstić information content (AvgIpc) is 2.87. The summed E-state index contributed by atoms with van der Waals surface area (Å²) in [5.74, 6) is 1.12. The molecule has 4 rings (SSSR count). The quantitative estimate of drug-likeness (QED) is 0.572. The number of benzene rings is 1. The van der Waals surface area contributed by atoms with Gasteiger partial charge in [0.2, 0.25) is 11.8 Å². The van der Waals surface area contributed by atoms with Crippen molar-refractivity contribution in [3.05, 3.63) is 24.3 Å². The molecule has 6 nitrogen and oxygen atoms in total. The molecule has 0 bridgehead atoms. The molecule has 1 saturated heterocycles. The number of piperidine rings is 1. The van der Waals surface area contributed by atoms with Crippen LogP contribution in [0.2, 0.25) is 0 Å². The molecular weight excluding hydrogens is 438 g/mol. The third-order valence-corrected chi connectivity index (χ3v) is 9.03. The van der Waals surface area contributed by atoms with Gasteiger partial charge in [-0.25, -0.2) is 0 Å². The first kappa shape index (κ1) is 26.2. The van der Waals surface area contributed by atoms with Gasteiger partial charge in [0.25, 0.3) is 0 Å². The molecule has 1 N–H and O–H groups in total. The van der Waals surface area contributed by atoms with Gasteiger partial charge < -0.3 is 14.5 Å². The molecule has 0 spiro atoms. The van der Waals surface area contributed by atoms with Gasteiger partial charge in [0.15, 0.2) is 0 Å². The van der Waals surface area contributed by atoms with Crippen molar-refractivity contribution >= 4 is 23.2 Å². The second kappa shape index (κ2) is 11.0. The Morgan fingerprint density at radius 3 is 2.60 bits per heavy atom. The van der Waals surface area contributed by atoms with Crippen LogP contribution in [-0.2, 0) is 14.3 Å². The lowest BCUT2D eigenvalue weighted by molar-refractivity contribution is -0.131. The number of amides is 2. The number of carbonyl (C=O) groups excluding carboxylic acids is 2. The monoisotopic (exact) mass is 483 g/mol. The summed E-state index contributed by atoms with van der Waals surface area (Å²) < 4.78 is 6.13. The number of fused-ring (bicyclic) bond motifs is 2. The Morgan fingerprint density at radius 2 is 1.94 bits per heavy atom. The van der Waals surface area contributed by atoms with Crippen molar-refractivity contribution < 1.29 is 14.3 Å². The first-order valence-electron chi connectivity index (χ1n) is 13.9. The van der Waals surface area contributed by atoms with Crippen molar-refractivity contribution in [3.8, 4) is 0 Å². The Hall–Kier alpha value is -1.92. The third-order valence-electron chi connectivity index (χ3n) is 9.03. The van der Waals surface area contributed by atoms with E-state index in [9.17, 15) is 9.59 Å². The van der Waals surface area contributed by atoms with Crippen LogP contribution >= 0.6 is 0 Å². The summed E-state index contributed by atoms with van der Waals surface area (Å²) in [6, 6.07) is 7.47. The van der Waals surface area contributed by atoms with Crippen molar-refractivity contribution in [2.75, 3.05) is 23.5 Å². The van der Waals surface area contributed by atoms with Crippen molar-refractivity contribution in [2.24, 2.45) is 11.8 Å². The molecule has 35 heavy (non-hydrogen) atoms. The van der Waals surface area contributed by atoms with Crippen LogP contribution in [0.5, 0.6) is 0 Å². The number of carbonyl (C=O) groups is 2. The van der Waals surface area contributed by atoms with Gasteiger partial charge in [0.1, 0.15) is 0 Å². The number of rotatable bonds is 7. The number of para-hydroxylation sites is 2. The molecule has 0 aromatic heterocycles. The zero-order valence-electron chi connectivity index (χ0n) is 22.4. The lowest BCUT2D eigenvalue weighted by Crippen LogP contribution is -2.71. The number of hydrogen-bond acceptors (Lipinski definition) is 4. The average molecular weight is 484 g/mol. The van der Waals surface area contributed by atoms with Crippen LogP contribution in [-0.4, -0.2) is 49.2 Å². The van der Waals surface area contributed by atoms with E-state index >= 15 is 0 Å². The summed E-state index contributed by atoms with van der Waals surface area (Å²) in [7, 11) is 1.83. The van der Waals surface area contributed by atoms with Gasteiger partial charge in [0, 0.05) is 32.0 Å². The molecule has 1 aromatic rings. The smallest absolute Gasteiger partial charge is 0.244 e. The zero-order valence-corrected chi connectivity index (χ0v) is 22.4. The van der Waals surface area contributed by atoms with Gasteiger partial charge in [-0.15, -0.1) is 0 Å². The maximum atomic E-state index is 14.2. The number of anilines is 2. The van der Waals surface area contributed by atoms with E-state index in [1.54, 1.807) is 6.92 Å². The highest BCUT2D eigenvalue weighted by molar-refractivity contribution is 6.05. The lowest BCUT2D eigenvalue weighted by Gasteiger charge is -2.57. The SMILES string of the molecule is CCCCC(CC)C12CCCCC1C(OC)CC(C(=O)N1C[C@H](C)N(C(C)=O)c3ccccc31)N2. The van der Waals surface area contributed by atoms with E-state index in [0.717, 1.165) is 24.2 Å². The largest absolute Gasteiger partial charge is 0.381 e. The van der Waals surface area contributed by atoms with Gasteiger partial charge in [-0.1, -0.05) is 58.1 Å². The molecule has 1 saturated carbocycles. The molecule has 2 aliphatic heterocycles. The molecular formula is C29H45N3O3. The molecule has 1 aromatic carbocycles. The Kier molecular flexibility index (Phi) is 8.22. The molecule has 5 unspecified atom stereocenters. The number of nitrogens with one attached hydrogen (secondary N) is 1. The number of methoxy groups -OCH3 is 1. The van der Waals surface area contributed by atoms with E-state index in [-0.39, 0.29) is 35.5 Å². The molecule has 0 radical (unpaired) electrons. The highest BCUT2D eigenvalue weighted by Crippen LogP contribution is 2.48. The molecule has 2 heterocycles. The van der Waals surface area contributed by atoms with Gasteiger partial charge in [-0.3, -0.25) is 14.9 Å². The second-order valence-corrected chi connectivity index (χ2v) is 11.0. The maximum Gasteiger partial charge on any atom is 0.244 e. The maximum absolute atomic E-state index is 14.2. The Bertz CT molecular complexity index is 905. The predicted molar refractivity (Wildman–Crippen MR) is 142 cm³/mol. The summed E-state index contributed by atoms with van der Waals surface area (Å²) in [6.45, 7) is 8.72. The van der Waals surface area contributed by atoms with E-state index in [1.807, 2.05) is 48.1 Å². The minimum atomic E-state index is -0.283. The van der Waals surface area contributed by atoms with Crippen LogP contribution in [0.1, 0.15) is 85.5 Å². The van der Waals surface area contributed by atoms with Gasteiger partial charge in [-0.05, 0) is 50.7 Å². The topological polar surface area (TPSA) is 61.9 Å². The van der Waals surface area contributed by atoms with Crippen molar-refractivity contribution in [1.82, 2.24) is 5.32 Å². The fraction of sp³-hybridized carbons (Fsp3) is 0.724. The summed E-state index contributed by atoms with van der Waals surface area (Å²) in [6.07, 6.45) is 10.3. The Labute approximate surface area is 211 Å². The molecule has 2 amide bonds. The van der Waals surface area contributed by atoms with Crippen LogP contribution in [0.15, 0.2) is 24.3 Å². The third kappa shape index (κ3) is 4.76. The summed E-state index contributed by atoms with van der Waals surface area (Å²) in [5, 5.41) is 4.02. The standard InChI is InChI=1S/C29H45N3O3/c1-6-8-13-22(7-2)29-17-12-11-14-23(29)27(35-5)18-24(30-29)28(34)31-19-20(3)32(21(4)33)26-16-10-9-15-25(26)31/h9-10,15-16,20,22-24,27,30H,6-8,11-14,17-19H2,1-5H3/t20-,22?,23?,24?,27?,29?/m0/s1. The highest BCUT2D eigenvalue weighted by atomic mass is 16.5. The summed E-state index contributed by atoms with van der Waals surface area (Å²) >= 11 is 0. The van der Waals surface area contributed by atoms with Gasteiger partial charge in [-0.2, -0.15) is 0 Å². The fourth-order valence-electron chi connectivity index (χ4n) is 7.48. The molecule has 6 atom stereocenters. The predicted octanol–water partition coefficient (Wildman–Crippen LogP) is 5.30. The van der Waals surface area contributed by atoms with Gasteiger partial charge in [0.05, 0.1) is 29.6 Å². The van der Waals surface area contributed by atoms with Crippen molar-refractivity contribution in [2.45, 2.75) is 109 Å². The molecule has 194 valence electrons. The van der Waals surface area contributed by atoms with E-state index in [2.05, 4.69) is 19.2 Å². The molecule has 6 heteroatoms. The summed E-state index contributed by atoms with van der Waals surface area (Å²) in [5.41, 5.74) is 1.61. The number of hydrogen-bond donors (Lipinski definition) is 1. The van der Waals surface area contributed by atoms with E-state index in [0.29, 0.717) is 24.8 Å². The lowest BCUT2D eigenvalue weighted by atomic mass is 9.59. The summed E-state index contributed by atoms with van der Waals surface area (Å²) in [4.78, 5) is 30.4. The minimum Gasteiger partial charge on any atom is -0.381 e. The molecule has 3 aliphatic rings. The van der Waals surface area contributed by atoms with Crippen molar-refractivity contribution in [3.63, 3.8) is 0 Å². The first-order valence-corrected chi connectivity index (χ1v) is 13.9. The van der Waals surface area contributed by atoms with Crippen molar-refractivity contribution in [1.29, 1.82) is 0 Å². The fourth-order valence-corrected chi connectivity index (χ4v) is 7.48. The van der Waals surface area contributed by atoms with Crippen LogP contribution in [0, 0.1) is 11.8 Å². The van der Waals surface area contributed by atoms with Crippen LogP contribution in [0.25, 0.3) is 0 Å². The van der Waals surface area contributed by atoms with E-state index in [1.165, 1.54) is 38.5 Å². The number of ether oxygens (including phenoxy) is 1. The normalized spacial score (nSPS) is 31.5. The minimum absolute atomic E-state index is 0.0120. The van der Waals surface area contributed by atoms with Crippen LogP contribution < -0.4 is 15.1 Å². The molecule has 2 fully saturated rings.